The Morgan fingerprint density at radius 3 is 2.83 bits per heavy atom. The van der Waals surface area contributed by atoms with Gasteiger partial charge in [-0.05, 0) is 17.5 Å². The second-order valence-corrected chi connectivity index (χ2v) is 3.79. The molecule has 0 aliphatic carbocycles. The Labute approximate surface area is 104 Å². The van der Waals surface area contributed by atoms with Crippen molar-refractivity contribution in [2.24, 2.45) is 0 Å². The molecule has 0 radical (unpaired) electrons. The number of carbonyl (C=O) groups excluding carboxylic acids is 1. The first-order chi connectivity index (χ1) is 8.69. The number of benzene rings is 1. The van der Waals surface area contributed by atoms with Gasteiger partial charge >= 0.3 is 0 Å². The van der Waals surface area contributed by atoms with E-state index in [1.54, 1.807) is 24.3 Å². The number of hydrogen-bond acceptors (Lipinski definition) is 2. The number of fused-ring (bicyclic) bond motifs is 1. The molecule has 0 unspecified atom stereocenters. The van der Waals surface area contributed by atoms with Crippen LogP contribution in [0.5, 0.6) is 0 Å². The Bertz CT molecular complexity index is 708. The first-order valence-electron chi connectivity index (χ1n) is 5.47. The molecule has 4 nitrogen and oxygen atoms in total. The van der Waals surface area contributed by atoms with E-state index in [4.69, 9.17) is 6.42 Å². The van der Waals surface area contributed by atoms with Gasteiger partial charge in [-0.25, -0.2) is 0 Å². The summed E-state index contributed by atoms with van der Waals surface area (Å²) >= 11 is 0. The number of carbonyl (C=O) groups is 1. The van der Waals surface area contributed by atoms with E-state index in [0.717, 1.165) is 5.39 Å². The summed E-state index contributed by atoms with van der Waals surface area (Å²) in [5.74, 6) is 2.07. The molecule has 18 heavy (non-hydrogen) atoms. The number of pyridine rings is 1. The number of nitrogens with one attached hydrogen (secondary N) is 1. The second-order valence-electron chi connectivity index (χ2n) is 3.79. The molecule has 0 saturated carbocycles. The van der Waals surface area contributed by atoms with Gasteiger partial charge in [0.05, 0.1) is 6.54 Å². The van der Waals surface area contributed by atoms with Crippen molar-refractivity contribution in [1.29, 1.82) is 0 Å². The van der Waals surface area contributed by atoms with Crippen LogP contribution < -0.4 is 10.9 Å². The molecule has 0 aliphatic rings. The number of rotatable bonds is 2. The molecule has 1 aromatic heterocycles. The fourth-order valence-corrected chi connectivity index (χ4v) is 1.86. The number of amides is 1. The highest BCUT2D eigenvalue weighted by Gasteiger charge is 2.13. The smallest absolute Gasteiger partial charge is 0.267 e. The highest BCUT2D eigenvalue weighted by molar-refractivity contribution is 5.96. The van der Waals surface area contributed by atoms with E-state index in [1.807, 2.05) is 6.07 Å². The third kappa shape index (κ3) is 1.87. The maximum Gasteiger partial charge on any atom is 0.267 e. The Morgan fingerprint density at radius 2 is 2.17 bits per heavy atom. The molecule has 1 amide bonds. The predicted molar refractivity (Wildman–Crippen MR) is 70.4 cm³/mol. The van der Waals surface area contributed by atoms with Crippen molar-refractivity contribution in [3.05, 3.63) is 46.4 Å². The summed E-state index contributed by atoms with van der Waals surface area (Å²) in [6, 6.07) is 8.79. The second kappa shape index (κ2) is 4.76. The molecule has 0 fully saturated rings. The normalized spacial score (nSPS) is 10.0. The predicted octanol–water partition coefficient (Wildman–Crippen LogP) is 0.994. The largest absolute Gasteiger partial charge is 0.354 e. The lowest BCUT2D eigenvalue weighted by Crippen LogP contribution is -2.30. The first-order valence-corrected chi connectivity index (χ1v) is 5.47. The Morgan fingerprint density at radius 1 is 1.44 bits per heavy atom. The van der Waals surface area contributed by atoms with Crippen molar-refractivity contribution in [2.75, 3.05) is 7.05 Å². The van der Waals surface area contributed by atoms with E-state index >= 15 is 0 Å². The lowest BCUT2D eigenvalue weighted by atomic mass is 10.1. The van der Waals surface area contributed by atoms with Gasteiger partial charge in [0, 0.05) is 12.4 Å². The number of terminal acetylenes is 1. The third-order valence-corrected chi connectivity index (χ3v) is 2.73. The lowest BCUT2D eigenvalue weighted by molar-refractivity contribution is 0.0953. The quantitative estimate of drug-likeness (QED) is 0.796. The average Bonchev–Trinajstić information content (AvgIpc) is 2.41. The van der Waals surface area contributed by atoms with Crippen molar-refractivity contribution in [3.8, 4) is 12.3 Å². The highest BCUT2D eigenvalue weighted by atomic mass is 16.2. The summed E-state index contributed by atoms with van der Waals surface area (Å²) in [5.41, 5.74) is 0.0313. The molecule has 4 heteroatoms. The Hall–Kier alpha value is -2.54. The Kier molecular flexibility index (Phi) is 3.16. The van der Waals surface area contributed by atoms with Gasteiger partial charge < -0.3 is 5.32 Å². The zero-order valence-electron chi connectivity index (χ0n) is 9.93. The van der Waals surface area contributed by atoms with Gasteiger partial charge in [0.15, 0.2) is 0 Å². The van der Waals surface area contributed by atoms with Crippen LogP contribution in [0, 0.1) is 12.3 Å². The van der Waals surface area contributed by atoms with E-state index in [0.29, 0.717) is 5.39 Å². The first kappa shape index (κ1) is 11.9. The number of nitrogens with zero attached hydrogens (tertiary/aromatic N) is 1. The van der Waals surface area contributed by atoms with Crippen LogP contribution in [-0.4, -0.2) is 17.5 Å². The van der Waals surface area contributed by atoms with Crippen molar-refractivity contribution in [1.82, 2.24) is 9.88 Å². The summed E-state index contributed by atoms with van der Waals surface area (Å²) in [4.78, 5) is 24.0. The van der Waals surface area contributed by atoms with E-state index in [9.17, 15) is 9.59 Å². The van der Waals surface area contributed by atoms with Crippen LogP contribution in [0.2, 0.25) is 0 Å². The molecule has 0 spiro atoms. The van der Waals surface area contributed by atoms with E-state index < -0.39 is 0 Å². The summed E-state index contributed by atoms with van der Waals surface area (Å²) in [6.07, 6.45) is 5.24. The molecule has 90 valence electrons. The minimum Gasteiger partial charge on any atom is -0.354 e. The molecule has 0 aliphatic heterocycles. The van der Waals surface area contributed by atoms with Gasteiger partial charge in [0.25, 0.3) is 11.5 Å². The van der Waals surface area contributed by atoms with Gasteiger partial charge in [0.1, 0.15) is 5.69 Å². The summed E-state index contributed by atoms with van der Waals surface area (Å²) in [7, 11) is 1.52. The van der Waals surface area contributed by atoms with Crippen LogP contribution in [0.4, 0.5) is 0 Å². The molecule has 1 N–H and O–H groups in total. The summed E-state index contributed by atoms with van der Waals surface area (Å²) in [6.45, 7) is 0.0758. The molecule has 2 rings (SSSR count). The topological polar surface area (TPSA) is 51.1 Å². The Balaban J connectivity index is 2.84. The van der Waals surface area contributed by atoms with Crippen LogP contribution in [-0.2, 0) is 6.54 Å². The van der Waals surface area contributed by atoms with Crippen LogP contribution in [0.3, 0.4) is 0 Å². The molecule has 0 atom stereocenters. The maximum absolute atomic E-state index is 12.2. The summed E-state index contributed by atoms with van der Waals surface area (Å²) < 4.78 is 1.31. The average molecular weight is 240 g/mol. The fourth-order valence-electron chi connectivity index (χ4n) is 1.86. The summed E-state index contributed by atoms with van der Waals surface area (Å²) in [5, 5.41) is 3.79. The van der Waals surface area contributed by atoms with Crippen LogP contribution in [0.25, 0.3) is 10.8 Å². The number of hydrogen-bond donors (Lipinski definition) is 1. The zero-order chi connectivity index (χ0) is 13.1. The fraction of sp³-hybridized carbons (Fsp3) is 0.143. The van der Waals surface area contributed by atoms with Gasteiger partial charge in [-0.15, -0.1) is 6.42 Å². The third-order valence-electron chi connectivity index (χ3n) is 2.73. The zero-order valence-corrected chi connectivity index (χ0v) is 9.93. The monoisotopic (exact) mass is 240 g/mol. The van der Waals surface area contributed by atoms with Gasteiger partial charge in [-0.3, -0.25) is 14.2 Å². The molecular formula is C14H12N2O2. The van der Waals surface area contributed by atoms with Crippen LogP contribution >= 0.6 is 0 Å². The van der Waals surface area contributed by atoms with Crippen molar-refractivity contribution >= 4 is 16.7 Å². The van der Waals surface area contributed by atoms with Crippen molar-refractivity contribution in [2.45, 2.75) is 6.54 Å². The van der Waals surface area contributed by atoms with Crippen LogP contribution in [0.1, 0.15) is 10.5 Å². The number of aromatic nitrogens is 1. The van der Waals surface area contributed by atoms with E-state index in [-0.39, 0.29) is 23.7 Å². The SMILES string of the molecule is C#CCn1c(C(=O)NC)cc2ccccc2c1=O. The van der Waals surface area contributed by atoms with Crippen LogP contribution in [0.15, 0.2) is 35.1 Å². The van der Waals surface area contributed by atoms with Gasteiger partial charge in [0.2, 0.25) is 0 Å². The van der Waals surface area contributed by atoms with Gasteiger partial charge in [-0.1, -0.05) is 24.1 Å². The van der Waals surface area contributed by atoms with E-state index in [2.05, 4.69) is 11.2 Å². The van der Waals surface area contributed by atoms with E-state index in [1.165, 1.54) is 11.6 Å². The highest BCUT2D eigenvalue weighted by Crippen LogP contribution is 2.12. The minimum atomic E-state index is -0.326. The molecule has 1 heterocycles. The molecule has 0 saturated heterocycles. The van der Waals surface area contributed by atoms with Crippen molar-refractivity contribution in [3.63, 3.8) is 0 Å². The lowest BCUT2D eigenvalue weighted by Gasteiger charge is -2.10. The van der Waals surface area contributed by atoms with Gasteiger partial charge in [-0.2, -0.15) is 0 Å². The molecule has 1 aromatic carbocycles. The maximum atomic E-state index is 12.2. The minimum absolute atomic E-state index is 0.0758. The molecule has 0 bridgehead atoms. The molecular weight excluding hydrogens is 228 g/mol. The standard InChI is InChI=1S/C14H12N2O2/c1-3-8-16-12(13(17)15-2)9-10-6-4-5-7-11(10)14(16)18/h1,4-7,9H,8H2,2H3,(H,15,17). The van der Waals surface area contributed by atoms with Crippen molar-refractivity contribution < 1.29 is 4.79 Å². The molecule has 2 aromatic rings.